The number of rotatable bonds is 2. The Labute approximate surface area is 273 Å². The summed E-state index contributed by atoms with van der Waals surface area (Å²) in [5.41, 5.74) is 10.6. The third-order valence-electron chi connectivity index (χ3n) is 11.3. The van der Waals surface area contributed by atoms with Crippen LogP contribution in [-0.4, -0.2) is 0 Å². The van der Waals surface area contributed by atoms with Crippen LogP contribution < -0.4 is 0 Å². The average Bonchev–Trinajstić information content (AvgIpc) is 3.34. The minimum Gasteiger partial charge on any atom is -0.0610 e. The second kappa shape index (κ2) is 8.75. The van der Waals surface area contributed by atoms with E-state index in [2.05, 4.69) is 159 Å². The van der Waals surface area contributed by atoms with Crippen LogP contribution in [0.15, 0.2) is 146 Å². The fraction of sp³-hybridized carbons (Fsp3) is 0.0638. The Kier molecular flexibility index (Phi) is 4.74. The molecule has 1 aliphatic rings. The first-order valence-corrected chi connectivity index (χ1v) is 16.7. The third kappa shape index (κ3) is 3.27. The zero-order valence-electron chi connectivity index (χ0n) is 26.4. The molecule has 0 aromatic heterocycles. The molecule has 1 aliphatic carbocycles. The van der Waals surface area contributed by atoms with Gasteiger partial charge in [-0.15, -0.1) is 0 Å². The van der Waals surface area contributed by atoms with Gasteiger partial charge in [0.1, 0.15) is 0 Å². The maximum Gasteiger partial charge on any atom is 0.0159 e. The first kappa shape index (κ1) is 25.5. The second-order valence-corrected chi connectivity index (χ2v) is 14.1. The largest absolute Gasteiger partial charge is 0.0610 e. The van der Waals surface area contributed by atoms with Crippen LogP contribution >= 0.6 is 0 Å². The van der Waals surface area contributed by atoms with E-state index in [1.807, 2.05) is 0 Å². The number of fused-ring (bicyclic) bond motifs is 3. The van der Waals surface area contributed by atoms with Crippen molar-refractivity contribution in [1.29, 1.82) is 0 Å². The summed E-state index contributed by atoms with van der Waals surface area (Å²) in [6.07, 6.45) is 0. The van der Waals surface area contributed by atoms with Gasteiger partial charge >= 0.3 is 0 Å². The molecule has 0 unspecified atom stereocenters. The maximum absolute atomic E-state index is 2.48. The van der Waals surface area contributed by atoms with Crippen LogP contribution in [0.25, 0.3) is 98.0 Å². The molecule has 0 aliphatic heterocycles. The van der Waals surface area contributed by atoms with Crippen molar-refractivity contribution in [3.63, 3.8) is 0 Å². The van der Waals surface area contributed by atoms with Gasteiger partial charge in [-0.2, -0.15) is 0 Å². The highest BCUT2D eigenvalue weighted by Crippen LogP contribution is 2.52. The van der Waals surface area contributed by atoms with E-state index in [1.54, 1.807) is 0 Å². The minimum absolute atomic E-state index is 0.125. The van der Waals surface area contributed by atoms with Crippen LogP contribution in [0.4, 0.5) is 0 Å². The monoisotopic (exact) mass is 594 g/mol. The molecule has 47 heavy (non-hydrogen) atoms. The van der Waals surface area contributed by atoms with Gasteiger partial charge in [-0.1, -0.05) is 141 Å². The van der Waals surface area contributed by atoms with Crippen molar-refractivity contribution < 1.29 is 0 Å². The molecule has 0 radical (unpaired) electrons. The number of hydrogen-bond acceptors (Lipinski definition) is 0. The van der Waals surface area contributed by atoms with Crippen molar-refractivity contribution in [1.82, 2.24) is 0 Å². The third-order valence-corrected chi connectivity index (χ3v) is 11.3. The van der Waals surface area contributed by atoms with Gasteiger partial charge in [0.25, 0.3) is 0 Å². The molecule has 0 nitrogen and oxygen atoms in total. The minimum atomic E-state index is -0.125. The van der Waals surface area contributed by atoms with Gasteiger partial charge < -0.3 is 0 Å². The molecular weight excluding hydrogens is 565 g/mol. The van der Waals surface area contributed by atoms with E-state index in [-0.39, 0.29) is 5.41 Å². The highest BCUT2D eigenvalue weighted by molar-refractivity contribution is 6.27. The van der Waals surface area contributed by atoms with Crippen LogP contribution in [0.5, 0.6) is 0 Å². The van der Waals surface area contributed by atoms with Crippen molar-refractivity contribution in [2.45, 2.75) is 19.3 Å². The van der Waals surface area contributed by atoms with Crippen LogP contribution in [0.1, 0.15) is 25.0 Å². The molecule has 0 heterocycles. The van der Waals surface area contributed by atoms with Crippen LogP contribution in [-0.2, 0) is 5.41 Å². The van der Waals surface area contributed by atoms with Crippen molar-refractivity contribution in [3.05, 3.63) is 157 Å². The van der Waals surface area contributed by atoms with E-state index >= 15 is 0 Å². The summed E-state index contributed by atoms with van der Waals surface area (Å²) in [6, 6.07) is 55.2. The van der Waals surface area contributed by atoms with Crippen LogP contribution in [0.3, 0.4) is 0 Å². The van der Waals surface area contributed by atoms with Crippen LogP contribution in [0.2, 0.25) is 0 Å². The Morgan fingerprint density at radius 3 is 1.38 bits per heavy atom. The first-order valence-electron chi connectivity index (χ1n) is 16.7. The van der Waals surface area contributed by atoms with Gasteiger partial charge in [0, 0.05) is 5.41 Å². The molecule has 11 rings (SSSR count). The summed E-state index contributed by atoms with van der Waals surface area (Å²) in [5, 5.41) is 16.0. The van der Waals surface area contributed by atoms with Crippen LogP contribution in [0, 0.1) is 0 Å². The second-order valence-electron chi connectivity index (χ2n) is 14.1. The molecule has 0 fully saturated rings. The van der Waals surface area contributed by atoms with E-state index in [1.165, 1.54) is 109 Å². The van der Waals surface area contributed by atoms with Crippen molar-refractivity contribution >= 4 is 64.6 Å². The highest BCUT2D eigenvalue weighted by Gasteiger charge is 2.36. The lowest BCUT2D eigenvalue weighted by molar-refractivity contribution is 0.661. The topological polar surface area (TPSA) is 0 Å². The molecular formula is C47H30. The highest BCUT2D eigenvalue weighted by atomic mass is 14.4. The maximum atomic E-state index is 2.48. The van der Waals surface area contributed by atoms with Gasteiger partial charge in [-0.25, -0.2) is 0 Å². The van der Waals surface area contributed by atoms with Gasteiger partial charge in [0.2, 0.25) is 0 Å². The van der Waals surface area contributed by atoms with E-state index in [4.69, 9.17) is 0 Å². The molecule has 10 aromatic rings. The zero-order valence-corrected chi connectivity index (χ0v) is 26.4. The van der Waals surface area contributed by atoms with Crippen molar-refractivity contribution in [2.75, 3.05) is 0 Å². The Morgan fingerprint density at radius 1 is 0.319 bits per heavy atom. The summed E-state index contributed by atoms with van der Waals surface area (Å²) < 4.78 is 0. The number of benzene rings is 10. The van der Waals surface area contributed by atoms with E-state index in [9.17, 15) is 0 Å². The lowest BCUT2D eigenvalue weighted by atomic mass is 9.80. The van der Waals surface area contributed by atoms with E-state index in [0.717, 1.165) is 0 Å². The smallest absolute Gasteiger partial charge is 0.0159 e. The molecule has 0 amide bonds. The molecule has 10 aromatic carbocycles. The van der Waals surface area contributed by atoms with Crippen molar-refractivity contribution in [3.8, 4) is 33.4 Å². The lowest BCUT2D eigenvalue weighted by Gasteiger charge is -2.23. The summed E-state index contributed by atoms with van der Waals surface area (Å²) >= 11 is 0. The van der Waals surface area contributed by atoms with E-state index in [0.29, 0.717) is 0 Å². The molecule has 0 saturated carbocycles. The zero-order chi connectivity index (χ0) is 31.0. The predicted octanol–water partition coefficient (Wildman–Crippen LogP) is 13.1. The van der Waals surface area contributed by atoms with Gasteiger partial charge in [0.15, 0.2) is 0 Å². The fourth-order valence-electron chi connectivity index (χ4n) is 9.06. The van der Waals surface area contributed by atoms with Gasteiger partial charge in [-0.05, 0) is 127 Å². The Hall–Kier alpha value is -5.72. The van der Waals surface area contributed by atoms with Crippen molar-refractivity contribution in [2.24, 2.45) is 0 Å². The van der Waals surface area contributed by atoms with Gasteiger partial charge in [-0.3, -0.25) is 0 Å². The van der Waals surface area contributed by atoms with E-state index < -0.39 is 0 Å². The predicted molar refractivity (Wildman–Crippen MR) is 202 cm³/mol. The molecule has 218 valence electrons. The lowest BCUT2D eigenvalue weighted by Crippen LogP contribution is -2.15. The summed E-state index contributed by atoms with van der Waals surface area (Å²) in [5.74, 6) is 0. The number of hydrogen-bond donors (Lipinski definition) is 0. The molecule has 0 spiro atoms. The summed E-state index contributed by atoms with van der Waals surface area (Å²) in [6.45, 7) is 4.81. The molecule has 0 atom stereocenters. The first-order chi connectivity index (χ1) is 23.0. The Balaban J connectivity index is 1.09. The molecule has 0 heteroatoms. The summed E-state index contributed by atoms with van der Waals surface area (Å²) in [7, 11) is 0. The fourth-order valence-corrected chi connectivity index (χ4v) is 9.06. The normalized spacial score (nSPS) is 13.9. The molecule has 0 saturated heterocycles. The Morgan fingerprint density at radius 2 is 0.745 bits per heavy atom. The Bertz CT molecular complexity index is 2900. The van der Waals surface area contributed by atoms with Gasteiger partial charge in [0.05, 0.1) is 0 Å². The standard InChI is InChI=1S/C47H30/c1-47(2)41-25-32(35-20-16-31-15-13-27-6-3-7-29-17-23-39(35)46(31)43(27)29)18-21-36(41)37-22-19-33(26-42(37)47)40-24-34-10-4-8-28-12-14-30-9-5-11-38(40)45(30)44(28)34/h3-26H,1-2H3. The molecule has 0 N–H and O–H groups in total. The quantitative estimate of drug-likeness (QED) is 0.175. The molecule has 0 bridgehead atoms. The average molecular weight is 595 g/mol. The SMILES string of the molecule is CC1(C)c2cc(-c3ccc4ccc5cccc6ccc3c4c56)ccc2-c2ccc(-c3cc4cccc5ccc6cccc3c6c54)cc21. The summed E-state index contributed by atoms with van der Waals surface area (Å²) in [4.78, 5) is 0.